The lowest BCUT2D eigenvalue weighted by Crippen LogP contribution is -2.44. The molecule has 1 atom stereocenters. The largest absolute Gasteiger partial charge is 0.389 e. The highest BCUT2D eigenvalue weighted by molar-refractivity contribution is 7.92. The van der Waals surface area contributed by atoms with Crippen molar-refractivity contribution in [2.45, 2.75) is 17.9 Å². The van der Waals surface area contributed by atoms with Gasteiger partial charge < -0.3 is 20.2 Å². The van der Waals surface area contributed by atoms with Crippen LogP contribution >= 0.6 is 0 Å². The highest BCUT2D eigenvalue weighted by Crippen LogP contribution is 2.22. The van der Waals surface area contributed by atoms with Gasteiger partial charge >= 0.3 is 0 Å². The van der Waals surface area contributed by atoms with E-state index in [0.717, 1.165) is 31.9 Å². The topological polar surface area (TPSA) is 102 Å². The second-order valence-electron chi connectivity index (χ2n) is 8.72. The molecule has 1 unspecified atom stereocenters. The Labute approximate surface area is 206 Å². The summed E-state index contributed by atoms with van der Waals surface area (Å²) >= 11 is 0. The number of hydrogen-bond donors (Lipinski definition) is 3. The Bertz CT molecular complexity index is 1250. The Kier molecular flexibility index (Phi) is 7.39. The molecule has 0 aliphatic carbocycles. The summed E-state index contributed by atoms with van der Waals surface area (Å²) < 4.78 is 27.8. The van der Waals surface area contributed by atoms with Crippen LogP contribution in [0.15, 0.2) is 77.7 Å². The van der Waals surface area contributed by atoms with Gasteiger partial charge in [0, 0.05) is 48.8 Å². The minimum atomic E-state index is -3.79. The number of anilines is 3. The number of nitrogens with zero attached hydrogens (tertiary/aromatic N) is 2. The molecule has 9 heteroatoms. The van der Waals surface area contributed by atoms with Gasteiger partial charge in [-0.1, -0.05) is 12.1 Å². The molecular weight excluding hydrogens is 464 g/mol. The maximum absolute atomic E-state index is 12.7. The molecule has 1 fully saturated rings. The molecule has 184 valence electrons. The maximum atomic E-state index is 12.7. The molecule has 0 radical (unpaired) electrons. The molecule has 0 spiro atoms. The summed E-state index contributed by atoms with van der Waals surface area (Å²) in [6.07, 6.45) is -0.673. The van der Waals surface area contributed by atoms with E-state index in [0.29, 0.717) is 22.5 Å². The van der Waals surface area contributed by atoms with Crippen molar-refractivity contribution in [1.82, 2.24) is 4.90 Å². The minimum Gasteiger partial charge on any atom is -0.389 e. The van der Waals surface area contributed by atoms with Crippen molar-refractivity contribution < 1.29 is 18.3 Å². The summed E-state index contributed by atoms with van der Waals surface area (Å²) in [6.45, 7) is 5.62. The van der Waals surface area contributed by atoms with Crippen LogP contribution in [-0.4, -0.2) is 57.6 Å². The molecule has 3 aromatic rings. The summed E-state index contributed by atoms with van der Waals surface area (Å²) in [5.74, 6) is -0.277. The molecule has 1 saturated heterocycles. The number of benzene rings is 3. The van der Waals surface area contributed by atoms with Gasteiger partial charge in [-0.3, -0.25) is 9.52 Å². The van der Waals surface area contributed by atoms with E-state index in [4.69, 9.17) is 0 Å². The number of likely N-dealkylation sites (N-methyl/N-ethyl adjacent to an activating group) is 1. The predicted molar refractivity (Wildman–Crippen MR) is 138 cm³/mol. The number of carbonyl (C=O) groups excluding carboxylic acids is 1. The number of aliphatic hydroxyl groups is 1. The molecule has 1 amide bonds. The molecule has 0 bridgehead atoms. The Morgan fingerprint density at radius 3 is 2.00 bits per heavy atom. The normalized spacial score (nSPS) is 15.5. The number of hydrogen-bond acceptors (Lipinski definition) is 6. The van der Waals surface area contributed by atoms with Gasteiger partial charge in [-0.25, -0.2) is 8.42 Å². The minimum absolute atomic E-state index is 0.0868. The zero-order chi connectivity index (χ0) is 25.0. The third kappa shape index (κ3) is 6.19. The first-order valence-corrected chi connectivity index (χ1v) is 13.0. The van der Waals surface area contributed by atoms with Crippen LogP contribution in [0.2, 0.25) is 0 Å². The second-order valence-corrected chi connectivity index (χ2v) is 10.4. The molecule has 3 aromatic carbocycles. The lowest BCUT2D eigenvalue weighted by atomic mass is 10.1. The second kappa shape index (κ2) is 10.5. The van der Waals surface area contributed by atoms with Gasteiger partial charge in [0.25, 0.3) is 15.9 Å². The number of rotatable bonds is 7. The van der Waals surface area contributed by atoms with Gasteiger partial charge in [0.15, 0.2) is 0 Å². The first-order chi connectivity index (χ1) is 16.7. The highest BCUT2D eigenvalue weighted by Gasteiger charge is 2.16. The molecule has 0 aromatic heterocycles. The number of nitrogens with one attached hydrogen (secondary N) is 2. The smallest absolute Gasteiger partial charge is 0.261 e. The molecule has 4 rings (SSSR count). The average Bonchev–Trinajstić information content (AvgIpc) is 2.85. The van der Waals surface area contributed by atoms with E-state index in [1.54, 1.807) is 43.3 Å². The van der Waals surface area contributed by atoms with Crippen LogP contribution in [0.1, 0.15) is 28.9 Å². The van der Waals surface area contributed by atoms with E-state index < -0.39 is 16.1 Å². The monoisotopic (exact) mass is 494 g/mol. The molecular formula is C26H30N4O4S. The van der Waals surface area contributed by atoms with Crippen LogP contribution < -0.4 is 14.9 Å². The summed E-state index contributed by atoms with van der Waals surface area (Å²) in [6, 6.07) is 20.1. The fourth-order valence-corrected chi connectivity index (χ4v) is 4.91. The Hall–Kier alpha value is -3.40. The summed E-state index contributed by atoms with van der Waals surface area (Å²) in [5.41, 5.74) is 3.22. The van der Waals surface area contributed by atoms with Gasteiger partial charge in [0.1, 0.15) is 0 Å². The van der Waals surface area contributed by atoms with Crippen molar-refractivity contribution in [3.63, 3.8) is 0 Å². The summed E-state index contributed by atoms with van der Waals surface area (Å²) in [7, 11) is -1.67. The van der Waals surface area contributed by atoms with Crippen LogP contribution in [0.5, 0.6) is 0 Å². The van der Waals surface area contributed by atoms with Crippen molar-refractivity contribution in [3.8, 4) is 0 Å². The molecule has 8 nitrogen and oxygen atoms in total. The lowest BCUT2D eigenvalue weighted by molar-refractivity contribution is 0.102. The zero-order valence-electron chi connectivity index (χ0n) is 19.8. The van der Waals surface area contributed by atoms with Crippen molar-refractivity contribution in [2.75, 3.05) is 48.2 Å². The number of carbonyl (C=O) groups is 1. The van der Waals surface area contributed by atoms with Crippen LogP contribution in [0, 0.1) is 0 Å². The lowest BCUT2D eigenvalue weighted by Gasteiger charge is -2.34. The van der Waals surface area contributed by atoms with E-state index in [1.807, 2.05) is 24.3 Å². The molecule has 1 aliphatic rings. The van der Waals surface area contributed by atoms with Crippen LogP contribution in [-0.2, 0) is 10.0 Å². The van der Waals surface area contributed by atoms with E-state index >= 15 is 0 Å². The Morgan fingerprint density at radius 2 is 1.43 bits per heavy atom. The predicted octanol–water partition coefficient (Wildman–Crippen LogP) is 3.54. The maximum Gasteiger partial charge on any atom is 0.261 e. The zero-order valence-corrected chi connectivity index (χ0v) is 20.6. The number of amides is 1. The highest BCUT2D eigenvalue weighted by atomic mass is 32.2. The summed E-state index contributed by atoms with van der Waals surface area (Å²) in [4.78, 5) is 17.4. The third-order valence-electron chi connectivity index (χ3n) is 6.07. The van der Waals surface area contributed by atoms with Gasteiger partial charge in [0.05, 0.1) is 11.0 Å². The molecule has 0 saturated carbocycles. The molecule has 35 heavy (non-hydrogen) atoms. The van der Waals surface area contributed by atoms with E-state index in [2.05, 4.69) is 26.9 Å². The van der Waals surface area contributed by atoms with E-state index in [1.165, 1.54) is 12.1 Å². The molecule has 1 heterocycles. The van der Waals surface area contributed by atoms with Gasteiger partial charge in [0.2, 0.25) is 0 Å². The van der Waals surface area contributed by atoms with E-state index in [-0.39, 0.29) is 10.8 Å². The molecule has 3 N–H and O–H groups in total. The number of sulfonamides is 1. The SMILES string of the molecule is CC(O)c1ccc(S(=O)(=O)Nc2ccc(C(=O)Nc3ccc(N4CCN(C)CC4)cc3)cc2)cc1. The fraction of sp³-hybridized carbons (Fsp3) is 0.269. The first-order valence-electron chi connectivity index (χ1n) is 11.5. The summed E-state index contributed by atoms with van der Waals surface area (Å²) in [5, 5.41) is 12.5. The van der Waals surface area contributed by atoms with Crippen molar-refractivity contribution in [3.05, 3.63) is 83.9 Å². The number of piperazine rings is 1. The average molecular weight is 495 g/mol. The van der Waals surface area contributed by atoms with Crippen LogP contribution in [0.4, 0.5) is 17.1 Å². The van der Waals surface area contributed by atoms with Gasteiger partial charge in [-0.05, 0) is 80.2 Å². The van der Waals surface area contributed by atoms with E-state index in [9.17, 15) is 18.3 Å². The standard InChI is InChI=1S/C26H30N4O4S/c1-19(31)20-5-13-25(14-6-20)35(33,34)28-23-7-3-21(4-8-23)26(32)27-22-9-11-24(12-10-22)30-17-15-29(2)16-18-30/h3-14,19,28,31H,15-18H2,1-2H3,(H,27,32). The van der Waals surface area contributed by atoms with Crippen molar-refractivity contribution >= 4 is 33.0 Å². The Morgan fingerprint density at radius 1 is 0.857 bits per heavy atom. The van der Waals surface area contributed by atoms with Crippen LogP contribution in [0.25, 0.3) is 0 Å². The van der Waals surface area contributed by atoms with Gasteiger partial charge in [-0.2, -0.15) is 0 Å². The quantitative estimate of drug-likeness (QED) is 0.464. The Balaban J connectivity index is 1.36. The van der Waals surface area contributed by atoms with Crippen molar-refractivity contribution in [2.24, 2.45) is 0 Å². The van der Waals surface area contributed by atoms with Crippen LogP contribution in [0.3, 0.4) is 0 Å². The number of aliphatic hydroxyl groups excluding tert-OH is 1. The van der Waals surface area contributed by atoms with Crippen molar-refractivity contribution in [1.29, 1.82) is 0 Å². The first kappa shape index (κ1) is 24.7. The van der Waals surface area contributed by atoms with Gasteiger partial charge in [-0.15, -0.1) is 0 Å². The fourth-order valence-electron chi connectivity index (χ4n) is 3.85. The third-order valence-corrected chi connectivity index (χ3v) is 7.46. The molecule has 1 aliphatic heterocycles.